The van der Waals surface area contributed by atoms with Crippen LogP contribution in [0.4, 0.5) is 0 Å². The van der Waals surface area contributed by atoms with Crippen molar-refractivity contribution in [3.8, 4) is 0 Å². The van der Waals surface area contributed by atoms with Crippen LogP contribution < -0.4 is 0 Å². The Morgan fingerprint density at radius 2 is 1.65 bits per heavy atom. The van der Waals surface area contributed by atoms with Crippen LogP contribution in [0.5, 0.6) is 0 Å². The smallest absolute Gasteiger partial charge is 0.334 e. The molecule has 0 aliphatic carbocycles. The second-order valence-corrected chi connectivity index (χ2v) is 3.36. The van der Waals surface area contributed by atoms with Crippen LogP contribution in [0.15, 0.2) is 12.2 Å². The highest BCUT2D eigenvalue weighted by molar-refractivity contribution is 5.93. The Morgan fingerprint density at radius 3 is 2.18 bits per heavy atom. The number of carbonyl (C=O) groups excluding carboxylic acids is 2. The minimum atomic E-state index is -1.60. The SMILES string of the molecule is O=C1C=CC(=O)OC(C2COC(O)C(O)O2)O1. The maximum absolute atomic E-state index is 11.1. The van der Waals surface area contributed by atoms with Gasteiger partial charge < -0.3 is 29.2 Å². The van der Waals surface area contributed by atoms with Crippen LogP contribution in [0.3, 0.4) is 0 Å². The molecule has 2 aliphatic heterocycles. The van der Waals surface area contributed by atoms with Gasteiger partial charge in [-0.15, -0.1) is 0 Å². The van der Waals surface area contributed by atoms with Gasteiger partial charge in [0.25, 0.3) is 6.29 Å². The predicted molar refractivity (Wildman–Crippen MR) is 48.0 cm³/mol. The van der Waals surface area contributed by atoms with E-state index in [2.05, 4.69) is 0 Å². The number of ether oxygens (including phenoxy) is 4. The molecule has 0 aromatic carbocycles. The van der Waals surface area contributed by atoms with Gasteiger partial charge in [-0.25, -0.2) is 9.59 Å². The van der Waals surface area contributed by atoms with Gasteiger partial charge in [0.05, 0.1) is 6.61 Å². The number of hydrogen-bond acceptors (Lipinski definition) is 8. The van der Waals surface area contributed by atoms with Crippen LogP contribution in [-0.2, 0) is 28.5 Å². The average molecular weight is 246 g/mol. The second-order valence-electron chi connectivity index (χ2n) is 3.36. The monoisotopic (exact) mass is 246 g/mol. The molecular formula is C9H10O8. The number of carbonyl (C=O) groups is 2. The lowest BCUT2D eigenvalue weighted by Gasteiger charge is -2.33. The summed E-state index contributed by atoms with van der Waals surface area (Å²) in [5, 5.41) is 18.2. The van der Waals surface area contributed by atoms with Gasteiger partial charge >= 0.3 is 11.9 Å². The van der Waals surface area contributed by atoms with Crippen molar-refractivity contribution in [2.24, 2.45) is 0 Å². The Hall–Kier alpha value is -1.48. The minimum absolute atomic E-state index is 0.191. The average Bonchev–Trinajstić information content (AvgIpc) is 2.45. The zero-order valence-corrected chi connectivity index (χ0v) is 8.52. The Kier molecular flexibility index (Phi) is 3.38. The van der Waals surface area contributed by atoms with Gasteiger partial charge in [0, 0.05) is 12.2 Å². The summed E-state index contributed by atoms with van der Waals surface area (Å²) >= 11 is 0. The molecule has 2 rings (SSSR count). The first-order valence-corrected chi connectivity index (χ1v) is 4.79. The highest BCUT2D eigenvalue weighted by Gasteiger charge is 2.38. The lowest BCUT2D eigenvalue weighted by atomic mass is 10.3. The molecular weight excluding hydrogens is 236 g/mol. The van der Waals surface area contributed by atoms with Crippen LogP contribution in [0.2, 0.25) is 0 Å². The van der Waals surface area contributed by atoms with Gasteiger partial charge in [-0.3, -0.25) is 0 Å². The minimum Gasteiger partial charge on any atom is -0.419 e. The lowest BCUT2D eigenvalue weighted by Crippen LogP contribution is -2.50. The molecule has 0 aromatic heterocycles. The van der Waals surface area contributed by atoms with E-state index in [1.165, 1.54) is 0 Å². The van der Waals surface area contributed by atoms with E-state index in [0.29, 0.717) is 0 Å². The molecule has 0 bridgehead atoms. The number of esters is 2. The molecule has 94 valence electrons. The second kappa shape index (κ2) is 4.80. The maximum atomic E-state index is 11.1. The maximum Gasteiger partial charge on any atom is 0.334 e. The first kappa shape index (κ1) is 12.0. The number of hydrogen-bond donors (Lipinski definition) is 2. The normalized spacial score (nSPS) is 35.1. The zero-order valence-electron chi connectivity index (χ0n) is 8.52. The molecule has 17 heavy (non-hydrogen) atoms. The summed E-state index contributed by atoms with van der Waals surface area (Å²) in [5.74, 6) is -1.55. The molecule has 1 saturated heterocycles. The van der Waals surface area contributed by atoms with E-state index in [9.17, 15) is 14.7 Å². The zero-order chi connectivity index (χ0) is 12.4. The van der Waals surface area contributed by atoms with Gasteiger partial charge in [-0.2, -0.15) is 0 Å². The fourth-order valence-corrected chi connectivity index (χ4v) is 1.32. The highest BCUT2D eigenvalue weighted by atomic mass is 16.8. The third-order valence-corrected chi connectivity index (χ3v) is 2.11. The molecule has 0 spiro atoms. The third-order valence-electron chi connectivity index (χ3n) is 2.11. The van der Waals surface area contributed by atoms with Crippen molar-refractivity contribution >= 4 is 11.9 Å². The number of aliphatic hydroxyl groups excluding tert-OH is 2. The molecule has 3 atom stereocenters. The lowest BCUT2D eigenvalue weighted by molar-refractivity contribution is -0.340. The van der Waals surface area contributed by atoms with Crippen LogP contribution in [0, 0.1) is 0 Å². The molecule has 0 aromatic rings. The van der Waals surface area contributed by atoms with E-state index >= 15 is 0 Å². The molecule has 0 radical (unpaired) electrons. The first-order chi connectivity index (χ1) is 8.06. The van der Waals surface area contributed by atoms with E-state index in [4.69, 9.17) is 24.1 Å². The van der Waals surface area contributed by atoms with Crippen molar-refractivity contribution in [3.05, 3.63) is 12.2 Å². The van der Waals surface area contributed by atoms with Gasteiger partial charge in [-0.1, -0.05) is 0 Å². The topological polar surface area (TPSA) is 112 Å². The quantitative estimate of drug-likeness (QED) is 0.512. The van der Waals surface area contributed by atoms with E-state index < -0.39 is 36.9 Å². The molecule has 1 fully saturated rings. The summed E-state index contributed by atoms with van der Waals surface area (Å²) in [6.45, 7) is -0.191. The Balaban J connectivity index is 2.02. The molecule has 2 N–H and O–H groups in total. The van der Waals surface area contributed by atoms with Gasteiger partial charge in [0.1, 0.15) is 0 Å². The Bertz CT molecular complexity index is 331. The number of rotatable bonds is 1. The van der Waals surface area contributed by atoms with Crippen molar-refractivity contribution < 1.29 is 38.7 Å². The van der Waals surface area contributed by atoms with Gasteiger partial charge in [0.15, 0.2) is 6.10 Å². The predicted octanol–water partition coefficient (Wildman–Crippen LogP) is -1.98. The molecule has 2 aliphatic rings. The van der Waals surface area contributed by atoms with Gasteiger partial charge in [0.2, 0.25) is 12.6 Å². The molecule has 8 nitrogen and oxygen atoms in total. The van der Waals surface area contributed by atoms with Crippen molar-refractivity contribution in [3.63, 3.8) is 0 Å². The summed E-state index contributed by atoms with van der Waals surface area (Å²) in [7, 11) is 0. The number of cyclic esters (lactones) is 2. The van der Waals surface area contributed by atoms with Crippen LogP contribution in [0.1, 0.15) is 0 Å². The summed E-state index contributed by atoms with van der Waals surface area (Å²) in [4.78, 5) is 22.2. The largest absolute Gasteiger partial charge is 0.419 e. The number of aliphatic hydroxyl groups is 2. The summed E-state index contributed by atoms with van der Waals surface area (Å²) in [6, 6.07) is 0. The van der Waals surface area contributed by atoms with Crippen LogP contribution in [-0.4, -0.2) is 53.7 Å². The fourth-order valence-electron chi connectivity index (χ4n) is 1.32. The van der Waals surface area contributed by atoms with E-state index in [-0.39, 0.29) is 6.61 Å². The highest BCUT2D eigenvalue weighted by Crippen LogP contribution is 2.18. The van der Waals surface area contributed by atoms with Gasteiger partial charge in [-0.05, 0) is 0 Å². The fraction of sp³-hybridized carbons (Fsp3) is 0.556. The Labute approximate surface area is 95.3 Å². The summed E-state index contributed by atoms with van der Waals surface area (Å²) < 4.78 is 19.1. The first-order valence-electron chi connectivity index (χ1n) is 4.79. The third kappa shape index (κ3) is 2.80. The summed E-state index contributed by atoms with van der Waals surface area (Å²) in [5.41, 5.74) is 0. The van der Waals surface area contributed by atoms with Crippen molar-refractivity contribution in [2.75, 3.05) is 6.61 Å². The van der Waals surface area contributed by atoms with E-state index in [1.807, 2.05) is 0 Å². The van der Waals surface area contributed by atoms with Crippen molar-refractivity contribution in [2.45, 2.75) is 25.0 Å². The Morgan fingerprint density at radius 1 is 1.06 bits per heavy atom. The molecule has 0 amide bonds. The van der Waals surface area contributed by atoms with Crippen molar-refractivity contribution in [1.82, 2.24) is 0 Å². The summed E-state index contributed by atoms with van der Waals surface area (Å²) in [6.07, 6.45) is -3.58. The molecule has 3 unspecified atom stereocenters. The molecule has 0 saturated carbocycles. The molecule has 8 heteroatoms. The standard InChI is InChI=1S/C9H10O8/c10-5-1-2-6(11)17-9(16-5)4-3-14-7(12)8(13)15-4/h1-2,4,7-9,12-13H,3H2. The van der Waals surface area contributed by atoms with E-state index in [1.54, 1.807) is 0 Å². The molecule has 2 heterocycles. The van der Waals surface area contributed by atoms with E-state index in [0.717, 1.165) is 12.2 Å². The van der Waals surface area contributed by atoms with Crippen LogP contribution in [0.25, 0.3) is 0 Å². The van der Waals surface area contributed by atoms with Crippen molar-refractivity contribution in [1.29, 1.82) is 0 Å². The van der Waals surface area contributed by atoms with Crippen LogP contribution >= 0.6 is 0 Å².